The van der Waals surface area contributed by atoms with Crippen molar-refractivity contribution in [2.75, 3.05) is 0 Å². The van der Waals surface area contributed by atoms with E-state index < -0.39 is 11.8 Å². The minimum absolute atomic E-state index is 0.257. The molecule has 166 valence electrons. The van der Waals surface area contributed by atoms with E-state index in [2.05, 4.69) is 21.4 Å². The smallest absolute Gasteiger partial charge is 0.285 e. The maximum atomic E-state index is 13.0. The molecule has 0 bridgehead atoms. The molecule has 0 atom stereocenters. The number of thioether (sulfide) groups is 1. The molecule has 4 rings (SSSR count). The van der Waals surface area contributed by atoms with Crippen molar-refractivity contribution in [3.63, 3.8) is 0 Å². The first-order valence-electron chi connectivity index (χ1n) is 10.0. The van der Waals surface area contributed by atoms with Crippen molar-refractivity contribution in [2.45, 2.75) is 13.5 Å². The summed E-state index contributed by atoms with van der Waals surface area (Å²) >= 11 is 9.94. The monoisotopic (exact) mass is 538 g/mol. The summed E-state index contributed by atoms with van der Waals surface area (Å²) in [5.41, 5.74) is 5.99. The van der Waals surface area contributed by atoms with Gasteiger partial charge in [0, 0.05) is 15.6 Å². The average Bonchev–Trinajstić information content (AvgIpc) is 3.07. The van der Waals surface area contributed by atoms with Crippen molar-refractivity contribution in [2.24, 2.45) is 0 Å². The van der Waals surface area contributed by atoms with Crippen LogP contribution in [0.25, 0.3) is 6.08 Å². The predicted octanol–water partition coefficient (Wildman–Crippen LogP) is 5.88. The second kappa shape index (κ2) is 10.3. The summed E-state index contributed by atoms with van der Waals surface area (Å²) < 4.78 is 7.15. The quantitative estimate of drug-likeness (QED) is 0.313. The van der Waals surface area contributed by atoms with Crippen molar-refractivity contribution >= 4 is 62.1 Å². The zero-order chi connectivity index (χ0) is 23.4. The van der Waals surface area contributed by atoms with Gasteiger partial charge in [-0.05, 0) is 61.1 Å². The minimum atomic E-state index is -0.405. The lowest BCUT2D eigenvalue weighted by atomic mass is 10.1. The highest BCUT2D eigenvalue weighted by Crippen LogP contribution is 2.34. The first-order valence-corrected chi connectivity index (χ1v) is 12.0. The van der Waals surface area contributed by atoms with Crippen LogP contribution in [0.2, 0.25) is 0 Å². The van der Waals surface area contributed by atoms with Crippen LogP contribution in [0.4, 0.5) is 0 Å². The van der Waals surface area contributed by atoms with Crippen LogP contribution in [0, 0.1) is 6.92 Å². The fourth-order valence-electron chi connectivity index (χ4n) is 3.07. The minimum Gasteiger partial charge on any atom is -0.488 e. The molecular weight excluding hydrogens is 520 g/mol. The van der Waals surface area contributed by atoms with Crippen molar-refractivity contribution in [1.29, 1.82) is 0 Å². The predicted molar refractivity (Wildman–Crippen MR) is 139 cm³/mol. The maximum absolute atomic E-state index is 13.0. The molecular formula is C25H19BrN2O3S2. The molecule has 1 N–H and O–H groups in total. The Balaban J connectivity index is 1.52. The Morgan fingerprint density at radius 1 is 1.12 bits per heavy atom. The summed E-state index contributed by atoms with van der Waals surface area (Å²) in [4.78, 5) is 25.8. The Morgan fingerprint density at radius 3 is 2.58 bits per heavy atom. The lowest BCUT2D eigenvalue weighted by Gasteiger charge is -2.15. The second-order valence-electron chi connectivity index (χ2n) is 7.28. The van der Waals surface area contributed by atoms with Crippen LogP contribution in [-0.2, 0) is 11.4 Å². The number of ether oxygens (including phenoxy) is 1. The van der Waals surface area contributed by atoms with E-state index in [4.69, 9.17) is 17.0 Å². The number of rotatable bonds is 6. The summed E-state index contributed by atoms with van der Waals surface area (Å²) in [6.45, 7) is 2.44. The van der Waals surface area contributed by atoms with E-state index in [1.165, 1.54) is 5.56 Å². The van der Waals surface area contributed by atoms with Crippen LogP contribution in [0.3, 0.4) is 0 Å². The molecule has 1 aliphatic rings. The molecule has 0 saturated carbocycles. The van der Waals surface area contributed by atoms with E-state index in [0.717, 1.165) is 32.4 Å². The highest BCUT2D eigenvalue weighted by molar-refractivity contribution is 9.10. The summed E-state index contributed by atoms with van der Waals surface area (Å²) in [5, 5.41) is 1.10. The van der Waals surface area contributed by atoms with Gasteiger partial charge >= 0.3 is 0 Å². The van der Waals surface area contributed by atoms with Crippen LogP contribution in [0.15, 0.2) is 82.2 Å². The first-order chi connectivity index (χ1) is 15.9. The molecule has 0 radical (unpaired) electrons. The third-order valence-electron chi connectivity index (χ3n) is 4.82. The summed E-state index contributed by atoms with van der Waals surface area (Å²) in [6.07, 6.45) is 1.73. The summed E-state index contributed by atoms with van der Waals surface area (Å²) in [6, 6.07) is 22.4. The Hall–Kier alpha value is -2.94. The molecule has 1 saturated heterocycles. The average molecular weight is 539 g/mol. The third kappa shape index (κ3) is 5.71. The van der Waals surface area contributed by atoms with Gasteiger partial charge in [0.15, 0.2) is 4.32 Å². The second-order valence-corrected chi connectivity index (χ2v) is 9.87. The van der Waals surface area contributed by atoms with Crippen molar-refractivity contribution in [3.05, 3.63) is 104 Å². The zero-order valence-corrected chi connectivity index (χ0v) is 20.8. The number of carbonyl (C=O) groups is 2. The van der Waals surface area contributed by atoms with Crippen LogP contribution in [-0.4, -0.2) is 21.1 Å². The van der Waals surface area contributed by atoms with E-state index in [-0.39, 0.29) is 4.32 Å². The Kier molecular flexibility index (Phi) is 7.27. The van der Waals surface area contributed by atoms with Crippen LogP contribution < -0.4 is 10.2 Å². The highest BCUT2D eigenvalue weighted by Gasteiger charge is 2.34. The van der Waals surface area contributed by atoms with Crippen LogP contribution >= 0.6 is 39.9 Å². The third-order valence-corrected chi connectivity index (χ3v) is 6.61. The largest absolute Gasteiger partial charge is 0.488 e. The molecule has 5 nitrogen and oxygen atoms in total. The van der Waals surface area contributed by atoms with Gasteiger partial charge in [0.05, 0.1) is 4.91 Å². The van der Waals surface area contributed by atoms with Gasteiger partial charge in [0.25, 0.3) is 11.8 Å². The molecule has 3 aromatic rings. The number of halogens is 1. The Labute approximate surface area is 209 Å². The topological polar surface area (TPSA) is 58.6 Å². The molecule has 0 aliphatic carbocycles. The number of aryl methyl sites for hydroxylation is 1. The highest BCUT2D eigenvalue weighted by atomic mass is 79.9. The fraction of sp³-hybridized carbons (Fsp3) is 0.0800. The van der Waals surface area contributed by atoms with E-state index in [9.17, 15) is 9.59 Å². The van der Waals surface area contributed by atoms with E-state index >= 15 is 0 Å². The normalized spacial score (nSPS) is 14.6. The standard InChI is InChI=1S/C25H19BrN2O3S2/c1-16-7-9-17(10-8-16)15-31-21-12-11-20(26)13-19(21)14-22-24(30)28(25(32)33-22)27-23(29)18-5-3-2-4-6-18/h2-14H,15H2,1H3,(H,27,29)/b22-14+. The maximum Gasteiger partial charge on any atom is 0.285 e. The van der Waals surface area contributed by atoms with Crippen molar-refractivity contribution < 1.29 is 14.3 Å². The van der Waals surface area contributed by atoms with Gasteiger partial charge < -0.3 is 4.74 Å². The SMILES string of the molecule is Cc1ccc(COc2ccc(Br)cc2/C=C2/SC(=S)N(NC(=O)c3ccccc3)C2=O)cc1. The van der Waals surface area contributed by atoms with Crippen LogP contribution in [0.5, 0.6) is 5.75 Å². The Morgan fingerprint density at radius 2 is 1.85 bits per heavy atom. The van der Waals surface area contributed by atoms with Crippen molar-refractivity contribution in [3.8, 4) is 5.75 Å². The van der Waals surface area contributed by atoms with Gasteiger partial charge in [0.1, 0.15) is 12.4 Å². The molecule has 33 heavy (non-hydrogen) atoms. The van der Waals surface area contributed by atoms with Gasteiger partial charge in [-0.2, -0.15) is 5.01 Å². The number of benzene rings is 3. The van der Waals surface area contributed by atoms with E-state index in [0.29, 0.717) is 22.8 Å². The van der Waals surface area contributed by atoms with Crippen molar-refractivity contribution in [1.82, 2.24) is 10.4 Å². The van der Waals surface area contributed by atoms with Crippen LogP contribution in [0.1, 0.15) is 27.0 Å². The molecule has 1 fully saturated rings. The first kappa shape index (κ1) is 23.2. The molecule has 3 aromatic carbocycles. The molecule has 1 heterocycles. The van der Waals surface area contributed by atoms with Gasteiger partial charge in [0.2, 0.25) is 0 Å². The number of thiocarbonyl (C=S) groups is 1. The summed E-state index contributed by atoms with van der Waals surface area (Å²) in [5.74, 6) is -0.158. The molecule has 2 amide bonds. The number of hydrogen-bond donors (Lipinski definition) is 1. The number of hydrazine groups is 1. The number of nitrogens with zero attached hydrogens (tertiary/aromatic N) is 1. The summed E-state index contributed by atoms with van der Waals surface area (Å²) in [7, 11) is 0. The molecule has 0 unspecified atom stereocenters. The number of amides is 2. The van der Waals surface area contributed by atoms with Gasteiger partial charge in [-0.3, -0.25) is 15.0 Å². The number of carbonyl (C=O) groups excluding carboxylic acids is 2. The number of hydrogen-bond acceptors (Lipinski definition) is 5. The lowest BCUT2D eigenvalue weighted by molar-refractivity contribution is -0.123. The molecule has 1 aliphatic heterocycles. The van der Waals surface area contributed by atoms with Gasteiger partial charge in [-0.15, -0.1) is 0 Å². The fourth-order valence-corrected chi connectivity index (χ4v) is 4.62. The van der Waals surface area contributed by atoms with E-state index in [1.54, 1.807) is 30.3 Å². The lowest BCUT2D eigenvalue weighted by Crippen LogP contribution is -2.44. The van der Waals surface area contributed by atoms with Gasteiger partial charge in [-0.1, -0.05) is 75.7 Å². The Bertz CT molecular complexity index is 1240. The number of nitrogens with one attached hydrogen (secondary N) is 1. The zero-order valence-electron chi connectivity index (χ0n) is 17.6. The van der Waals surface area contributed by atoms with E-state index in [1.807, 2.05) is 55.5 Å². The molecule has 8 heteroatoms. The van der Waals surface area contributed by atoms with Gasteiger partial charge in [-0.25, -0.2) is 0 Å². The molecule has 0 spiro atoms. The molecule has 0 aromatic heterocycles.